The molecule has 3 rings (SSSR count). The second-order valence-corrected chi connectivity index (χ2v) is 8.70. The Balaban J connectivity index is 1.83. The Bertz CT molecular complexity index is 994. The van der Waals surface area contributed by atoms with Crippen molar-refractivity contribution in [2.75, 3.05) is 23.8 Å². The van der Waals surface area contributed by atoms with Crippen LogP contribution in [0, 0.1) is 5.82 Å². The molecule has 0 radical (unpaired) electrons. The molecule has 0 aliphatic carbocycles. The van der Waals surface area contributed by atoms with Crippen LogP contribution < -0.4 is 19.1 Å². The molecule has 1 heterocycles. The van der Waals surface area contributed by atoms with Gasteiger partial charge < -0.3 is 14.8 Å². The molecule has 2 aromatic rings. The Hall–Kier alpha value is -2.81. The molecule has 0 saturated carbocycles. The molecule has 1 aliphatic heterocycles. The number of nitrogens with zero attached hydrogens (tertiary/aromatic N) is 1. The zero-order valence-electron chi connectivity index (χ0n) is 16.4. The van der Waals surface area contributed by atoms with E-state index in [1.165, 1.54) is 19.1 Å². The molecule has 29 heavy (non-hydrogen) atoms. The average Bonchev–Trinajstić information content (AvgIpc) is 2.67. The van der Waals surface area contributed by atoms with Crippen LogP contribution in [0.2, 0.25) is 0 Å². The molecule has 0 fully saturated rings. The van der Waals surface area contributed by atoms with Crippen LogP contribution in [0.25, 0.3) is 0 Å². The molecule has 0 unspecified atom stereocenters. The van der Waals surface area contributed by atoms with Crippen molar-refractivity contribution in [3.05, 3.63) is 53.8 Å². The number of carbonyl (C=O) groups excluding carboxylic acids is 1. The van der Waals surface area contributed by atoms with Gasteiger partial charge in [0.15, 0.2) is 11.5 Å². The number of anilines is 1. The van der Waals surface area contributed by atoms with Crippen molar-refractivity contribution in [3.8, 4) is 11.5 Å². The van der Waals surface area contributed by atoms with Gasteiger partial charge in [-0.15, -0.1) is 0 Å². The fourth-order valence-electron chi connectivity index (χ4n) is 3.15. The van der Waals surface area contributed by atoms with Gasteiger partial charge in [-0.05, 0) is 43.7 Å². The van der Waals surface area contributed by atoms with E-state index in [1.54, 1.807) is 37.3 Å². The number of hydrogen-bond acceptors (Lipinski definition) is 5. The van der Waals surface area contributed by atoms with Crippen LogP contribution >= 0.6 is 0 Å². The highest BCUT2D eigenvalue weighted by Gasteiger charge is 2.31. The van der Waals surface area contributed by atoms with Gasteiger partial charge >= 0.3 is 0 Å². The van der Waals surface area contributed by atoms with E-state index in [0.717, 1.165) is 10.6 Å². The summed E-state index contributed by atoms with van der Waals surface area (Å²) in [6.07, 6.45) is 1.04. The van der Waals surface area contributed by atoms with Crippen LogP contribution in [0.1, 0.15) is 25.5 Å². The van der Waals surface area contributed by atoms with E-state index in [9.17, 15) is 17.6 Å². The lowest BCUT2D eigenvalue weighted by molar-refractivity contribution is -0.122. The molecule has 1 aliphatic rings. The minimum Gasteiger partial charge on any atom is -0.486 e. The number of carbonyl (C=O) groups is 1. The maximum absolute atomic E-state index is 13.1. The minimum absolute atomic E-state index is 0.300. The van der Waals surface area contributed by atoms with E-state index in [0.29, 0.717) is 36.0 Å². The van der Waals surface area contributed by atoms with Crippen molar-refractivity contribution in [1.29, 1.82) is 0 Å². The molecule has 0 aromatic heterocycles. The molecule has 2 aromatic carbocycles. The Morgan fingerprint density at radius 1 is 1.07 bits per heavy atom. The predicted octanol–water partition coefficient (Wildman–Crippen LogP) is 2.63. The molecule has 0 spiro atoms. The van der Waals surface area contributed by atoms with Crippen LogP contribution in [-0.4, -0.2) is 39.8 Å². The summed E-state index contributed by atoms with van der Waals surface area (Å²) in [5.41, 5.74) is 1.01. The van der Waals surface area contributed by atoms with Gasteiger partial charge in [0.2, 0.25) is 15.9 Å². The molecular weight excluding hydrogens is 399 g/mol. The predicted molar refractivity (Wildman–Crippen MR) is 107 cm³/mol. The second kappa shape index (κ2) is 8.28. The van der Waals surface area contributed by atoms with Crippen LogP contribution in [0.3, 0.4) is 0 Å². The quantitative estimate of drug-likeness (QED) is 0.774. The summed E-state index contributed by atoms with van der Waals surface area (Å²) in [7, 11) is -3.77. The number of amides is 1. The highest BCUT2D eigenvalue weighted by Crippen LogP contribution is 2.35. The third kappa shape index (κ3) is 4.79. The lowest BCUT2D eigenvalue weighted by Gasteiger charge is -2.30. The number of fused-ring (bicyclic) bond motifs is 1. The number of sulfonamides is 1. The molecule has 156 valence electrons. The summed E-state index contributed by atoms with van der Waals surface area (Å²) in [4.78, 5) is 12.8. The van der Waals surface area contributed by atoms with Gasteiger partial charge in [-0.1, -0.05) is 12.1 Å². The highest BCUT2D eigenvalue weighted by molar-refractivity contribution is 7.92. The van der Waals surface area contributed by atoms with E-state index in [4.69, 9.17) is 9.47 Å². The van der Waals surface area contributed by atoms with Gasteiger partial charge in [-0.25, -0.2) is 12.8 Å². The maximum Gasteiger partial charge on any atom is 0.244 e. The fourth-order valence-corrected chi connectivity index (χ4v) is 4.31. The summed E-state index contributed by atoms with van der Waals surface area (Å²) >= 11 is 0. The molecular formula is C20H23FN2O5S. The maximum atomic E-state index is 13.1. The zero-order chi connectivity index (χ0) is 21.2. The van der Waals surface area contributed by atoms with E-state index in [-0.39, 0.29) is 5.82 Å². The Labute approximate surface area is 169 Å². The first-order valence-electron chi connectivity index (χ1n) is 9.11. The zero-order valence-corrected chi connectivity index (χ0v) is 17.2. The first-order valence-corrected chi connectivity index (χ1v) is 11.0. The Kier molecular flexibility index (Phi) is 5.97. The van der Waals surface area contributed by atoms with Gasteiger partial charge in [0, 0.05) is 6.07 Å². The number of hydrogen-bond donors (Lipinski definition) is 1. The minimum atomic E-state index is -3.77. The third-order valence-corrected chi connectivity index (χ3v) is 5.84. The van der Waals surface area contributed by atoms with E-state index < -0.39 is 28.0 Å². The molecule has 1 amide bonds. The van der Waals surface area contributed by atoms with Crippen molar-refractivity contribution in [2.24, 2.45) is 0 Å². The molecule has 0 saturated heterocycles. The normalized spacial score (nSPS) is 15.3. The summed E-state index contributed by atoms with van der Waals surface area (Å²) in [5, 5.41) is 2.78. The number of benzene rings is 2. The summed E-state index contributed by atoms with van der Waals surface area (Å²) in [6, 6.07) is 9.04. The van der Waals surface area contributed by atoms with Crippen molar-refractivity contribution in [3.63, 3.8) is 0 Å². The van der Waals surface area contributed by atoms with E-state index in [2.05, 4.69) is 5.32 Å². The van der Waals surface area contributed by atoms with Crippen molar-refractivity contribution >= 4 is 21.6 Å². The van der Waals surface area contributed by atoms with Crippen molar-refractivity contribution in [2.45, 2.75) is 25.9 Å². The van der Waals surface area contributed by atoms with E-state index in [1.807, 2.05) is 0 Å². The molecule has 0 bridgehead atoms. The lowest BCUT2D eigenvalue weighted by Crippen LogP contribution is -2.48. The topological polar surface area (TPSA) is 84.9 Å². The number of nitrogens with one attached hydrogen (secondary N) is 1. The van der Waals surface area contributed by atoms with Crippen LogP contribution in [-0.2, 0) is 14.8 Å². The van der Waals surface area contributed by atoms with Gasteiger partial charge in [0.05, 0.1) is 18.0 Å². The Morgan fingerprint density at radius 3 is 2.31 bits per heavy atom. The van der Waals surface area contributed by atoms with Gasteiger partial charge in [-0.3, -0.25) is 9.10 Å². The number of ether oxygens (including phenoxy) is 2. The smallest absolute Gasteiger partial charge is 0.244 e. The second-order valence-electron chi connectivity index (χ2n) is 6.84. The van der Waals surface area contributed by atoms with Crippen molar-refractivity contribution < 1.29 is 27.1 Å². The molecule has 9 heteroatoms. The van der Waals surface area contributed by atoms with Gasteiger partial charge in [0.25, 0.3) is 0 Å². The number of halogens is 1. The lowest BCUT2D eigenvalue weighted by atomic mass is 10.1. The van der Waals surface area contributed by atoms with Crippen LogP contribution in [0.4, 0.5) is 10.1 Å². The average molecular weight is 422 g/mol. The summed E-state index contributed by atoms with van der Waals surface area (Å²) in [5.74, 6) is 0.0924. The SMILES string of the molecule is C[C@H](NC(=O)[C@H](C)N(c1ccc2c(c1)OCCO2)S(C)(=O)=O)c1ccc(F)cc1. The van der Waals surface area contributed by atoms with Gasteiger partial charge in [-0.2, -0.15) is 0 Å². The van der Waals surface area contributed by atoms with Crippen molar-refractivity contribution in [1.82, 2.24) is 5.32 Å². The Morgan fingerprint density at radius 2 is 1.69 bits per heavy atom. The number of rotatable bonds is 6. The van der Waals surface area contributed by atoms with Crippen LogP contribution in [0.15, 0.2) is 42.5 Å². The fraction of sp³-hybridized carbons (Fsp3) is 0.350. The third-order valence-electron chi connectivity index (χ3n) is 4.60. The van der Waals surface area contributed by atoms with Gasteiger partial charge in [0.1, 0.15) is 25.1 Å². The molecule has 2 atom stereocenters. The van der Waals surface area contributed by atoms with Crippen LogP contribution in [0.5, 0.6) is 11.5 Å². The molecule has 1 N–H and O–H groups in total. The standard InChI is InChI=1S/C20H23FN2O5S/c1-13(15-4-6-16(21)7-5-15)22-20(24)14(2)23(29(3,25)26)17-8-9-18-19(12-17)28-11-10-27-18/h4-9,12-14H,10-11H2,1-3H3,(H,22,24)/t13-,14-/m0/s1. The van der Waals surface area contributed by atoms with E-state index >= 15 is 0 Å². The first-order chi connectivity index (χ1) is 13.7. The largest absolute Gasteiger partial charge is 0.486 e. The molecule has 7 nitrogen and oxygen atoms in total. The summed E-state index contributed by atoms with van der Waals surface area (Å²) in [6.45, 7) is 4.03. The summed E-state index contributed by atoms with van der Waals surface area (Å²) < 4.78 is 50.1. The highest BCUT2D eigenvalue weighted by atomic mass is 32.2. The monoisotopic (exact) mass is 422 g/mol. The first kappa shape index (κ1) is 20.9.